The van der Waals surface area contributed by atoms with Gasteiger partial charge in [-0.15, -0.1) is 0 Å². The van der Waals surface area contributed by atoms with Crippen LogP contribution in [0.3, 0.4) is 0 Å². The molecule has 3 N–H and O–H groups in total. The molecule has 0 amide bonds. The van der Waals surface area contributed by atoms with Gasteiger partial charge in [-0.1, -0.05) is 41.9 Å². The first-order valence-electron chi connectivity index (χ1n) is 5.91. The summed E-state index contributed by atoms with van der Waals surface area (Å²) in [5, 5.41) is 0.747. The summed E-state index contributed by atoms with van der Waals surface area (Å²) in [6.07, 6.45) is 0. The first kappa shape index (κ1) is 13.1. The van der Waals surface area contributed by atoms with Gasteiger partial charge in [-0.05, 0) is 48.2 Å². The lowest BCUT2D eigenvalue weighted by molar-refractivity contribution is 0.630. The summed E-state index contributed by atoms with van der Waals surface area (Å²) in [6, 6.07) is 14.1. The van der Waals surface area contributed by atoms with E-state index in [0.29, 0.717) is 0 Å². The molecule has 2 aromatic carbocycles. The van der Waals surface area contributed by atoms with Crippen molar-refractivity contribution in [3.05, 3.63) is 69.7 Å². The first-order chi connectivity index (χ1) is 8.63. The zero-order valence-corrected chi connectivity index (χ0v) is 11.3. The maximum Gasteiger partial charge on any atom is 0.0715 e. The third-order valence-corrected chi connectivity index (χ3v) is 3.44. The van der Waals surface area contributed by atoms with Gasteiger partial charge in [0.25, 0.3) is 0 Å². The van der Waals surface area contributed by atoms with Crippen LogP contribution in [0, 0.1) is 13.8 Å². The molecule has 0 bridgehead atoms. The van der Waals surface area contributed by atoms with Gasteiger partial charge in [-0.25, -0.2) is 5.43 Å². The van der Waals surface area contributed by atoms with Crippen molar-refractivity contribution in [1.29, 1.82) is 0 Å². The molecule has 0 aliphatic rings. The molecular weight excluding hydrogens is 244 g/mol. The van der Waals surface area contributed by atoms with Crippen LogP contribution in [0.2, 0.25) is 5.02 Å². The van der Waals surface area contributed by atoms with Crippen LogP contribution in [0.15, 0.2) is 42.5 Å². The molecule has 3 heteroatoms. The van der Waals surface area contributed by atoms with Gasteiger partial charge in [0.2, 0.25) is 0 Å². The zero-order valence-electron chi connectivity index (χ0n) is 10.6. The molecule has 0 aliphatic carbocycles. The second-order valence-corrected chi connectivity index (χ2v) is 4.89. The molecule has 0 saturated heterocycles. The lowest BCUT2D eigenvalue weighted by atomic mass is 9.93. The number of halogens is 1. The van der Waals surface area contributed by atoms with Crippen LogP contribution >= 0.6 is 11.6 Å². The third kappa shape index (κ3) is 2.56. The number of hydrogen-bond acceptors (Lipinski definition) is 2. The minimum atomic E-state index is -0.0107. The zero-order chi connectivity index (χ0) is 13.1. The van der Waals surface area contributed by atoms with E-state index in [1.807, 2.05) is 37.3 Å². The highest BCUT2D eigenvalue weighted by Crippen LogP contribution is 2.28. The fourth-order valence-electron chi connectivity index (χ4n) is 2.22. The number of hydrazine groups is 1. The van der Waals surface area contributed by atoms with E-state index in [1.165, 1.54) is 11.1 Å². The van der Waals surface area contributed by atoms with Crippen molar-refractivity contribution >= 4 is 11.6 Å². The van der Waals surface area contributed by atoms with Gasteiger partial charge < -0.3 is 0 Å². The molecule has 0 aromatic heterocycles. The van der Waals surface area contributed by atoms with Crippen molar-refractivity contribution in [2.24, 2.45) is 5.84 Å². The number of hydrogen-bond donors (Lipinski definition) is 2. The second kappa shape index (κ2) is 5.53. The molecule has 0 aliphatic heterocycles. The Morgan fingerprint density at radius 3 is 2.28 bits per heavy atom. The Bertz CT molecular complexity index is 552. The molecule has 2 rings (SSSR count). The molecule has 0 heterocycles. The van der Waals surface area contributed by atoms with E-state index >= 15 is 0 Å². The van der Waals surface area contributed by atoms with Gasteiger partial charge in [0.15, 0.2) is 0 Å². The molecular formula is C15H17ClN2. The lowest BCUT2D eigenvalue weighted by Gasteiger charge is -2.21. The molecule has 0 saturated carbocycles. The average Bonchev–Trinajstić information content (AvgIpc) is 2.34. The van der Waals surface area contributed by atoms with Crippen molar-refractivity contribution < 1.29 is 0 Å². The van der Waals surface area contributed by atoms with Crippen LogP contribution in [0.5, 0.6) is 0 Å². The molecule has 0 radical (unpaired) electrons. The van der Waals surface area contributed by atoms with E-state index in [9.17, 15) is 0 Å². The summed E-state index contributed by atoms with van der Waals surface area (Å²) in [4.78, 5) is 0. The largest absolute Gasteiger partial charge is 0.271 e. The predicted molar refractivity (Wildman–Crippen MR) is 76.5 cm³/mol. The standard InChI is InChI=1S/C15H17ClN2/c1-10-5-3-4-6-13(10)15(18-17)14-8-7-12(16)9-11(14)2/h3-9,15,18H,17H2,1-2H3. The van der Waals surface area contributed by atoms with Gasteiger partial charge in [0.05, 0.1) is 6.04 Å². The van der Waals surface area contributed by atoms with Crippen LogP contribution in [-0.4, -0.2) is 0 Å². The van der Waals surface area contributed by atoms with Gasteiger partial charge in [-0.2, -0.15) is 0 Å². The van der Waals surface area contributed by atoms with Crippen LogP contribution in [-0.2, 0) is 0 Å². The van der Waals surface area contributed by atoms with Crippen LogP contribution < -0.4 is 11.3 Å². The van der Waals surface area contributed by atoms with E-state index in [4.69, 9.17) is 17.4 Å². The monoisotopic (exact) mass is 260 g/mol. The summed E-state index contributed by atoms with van der Waals surface area (Å²) < 4.78 is 0. The Kier molecular flexibility index (Phi) is 4.02. The van der Waals surface area contributed by atoms with E-state index in [0.717, 1.165) is 16.1 Å². The van der Waals surface area contributed by atoms with Crippen LogP contribution in [0.25, 0.3) is 0 Å². The minimum absolute atomic E-state index is 0.0107. The average molecular weight is 261 g/mol. The molecule has 2 nitrogen and oxygen atoms in total. The number of nitrogens with one attached hydrogen (secondary N) is 1. The van der Waals surface area contributed by atoms with Crippen molar-refractivity contribution in [3.63, 3.8) is 0 Å². The maximum absolute atomic E-state index is 5.99. The number of nitrogens with two attached hydrogens (primary N) is 1. The minimum Gasteiger partial charge on any atom is -0.271 e. The Morgan fingerprint density at radius 2 is 1.67 bits per heavy atom. The second-order valence-electron chi connectivity index (χ2n) is 4.46. The molecule has 1 unspecified atom stereocenters. The Labute approximate surface area is 113 Å². The highest BCUT2D eigenvalue weighted by atomic mass is 35.5. The SMILES string of the molecule is Cc1ccccc1C(NN)c1ccc(Cl)cc1C. The highest BCUT2D eigenvalue weighted by Gasteiger charge is 2.16. The van der Waals surface area contributed by atoms with Crippen LogP contribution in [0.4, 0.5) is 0 Å². The van der Waals surface area contributed by atoms with Crippen LogP contribution in [0.1, 0.15) is 28.3 Å². The molecule has 2 aromatic rings. The normalized spacial score (nSPS) is 12.4. The van der Waals surface area contributed by atoms with E-state index < -0.39 is 0 Å². The summed E-state index contributed by atoms with van der Waals surface area (Å²) >= 11 is 5.99. The Balaban J connectivity index is 2.49. The Morgan fingerprint density at radius 1 is 1.00 bits per heavy atom. The van der Waals surface area contributed by atoms with Crippen molar-refractivity contribution in [2.45, 2.75) is 19.9 Å². The molecule has 18 heavy (non-hydrogen) atoms. The summed E-state index contributed by atoms with van der Waals surface area (Å²) in [7, 11) is 0. The van der Waals surface area contributed by atoms with E-state index in [1.54, 1.807) is 0 Å². The van der Waals surface area contributed by atoms with Gasteiger partial charge >= 0.3 is 0 Å². The first-order valence-corrected chi connectivity index (χ1v) is 6.29. The summed E-state index contributed by atoms with van der Waals surface area (Å²) in [5.41, 5.74) is 7.58. The smallest absolute Gasteiger partial charge is 0.0715 e. The van der Waals surface area contributed by atoms with E-state index in [2.05, 4.69) is 24.5 Å². The van der Waals surface area contributed by atoms with Crippen molar-refractivity contribution in [2.75, 3.05) is 0 Å². The highest BCUT2D eigenvalue weighted by molar-refractivity contribution is 6.30. The maximum atomic E-state index is 5.99. The van der Waals surface area contributed by atoms with Gasteiger partial charge in [0, 0.05) is 5.02 Å². The molecule has 0 spiro atoms. The predicted octanol–water partition coefficient (Wildman–Crippen LogP) is 3.51. The van der Waals surface area contributed by atoms with Crippen molar-refractivity contribution in [3.8, 4) is 0 Å². The number of rotatable bonds is 3. The van der Waals surface area contributed by atoms with E-state index in [-0.39, 0.29) is 6.04 Å². The fraction of sp³-hybridized carbons (Fsp3) is 0.200. The van der Waals surface area contributed by atoms with Crippen molar-refractivity contribution in [1.82, 2.24) is 5.43 Å². The van der Waals surface area contributed by atoms with Gasteiger partial charge in [-0.3, -0.25) is 5.84 Å². The summed E-state index contributed by atoms with van der Waals surface area (Å²) in [6.45, 7) is 4.13. The molecule has 0 fully saturated rings. The number of aryl methyl sites for hydroxylation is 2. The lowest BCUT2D eigenvalue weighted by Crippen LogP contribution is -2.29. The number of benzene rings is 2. The molecule has 94 valence electrons. The summed E-state index contributed by atoms with van der Waals surface area (Å²) in [5.74, 6) is 5.73. The quantitative estimate of drug-likeness (QED) is 0.655. The Hall–Kier alpha value is -1.35. The van der Waals surface area contributed by atoms with Gasteiger partial charge in [0.1, 0.15) is 0 Å². The third-order valence-electron chi connectivity index (χ3n) is 3.21. The fourth-order valence-corrected chi connectivity index (χ4v) is 2.45. The molecule has 1 atom stereocenters. The topological polar surface area (TPSA) is 38.0 Å².